The van der Waals surface area contributed by atoms with E-state index in [4.69, 9.17) is 5.73 Å². The molecule has 3 nitrogen and oxygen atoms in total. The molecule has 0 aromatic rings. The summed E-state index contributed by atoms with van der Waals surface area (Å²) in [6, 6.07) is 0. The molecule has 13 heavy (non-hydrogen) atoms. The van der Waals surface area contributed by atoms with Crippen molar-refractivity contribution in [3.05, 3.63) is 23.8 Å². The van der Waals surface area contributed by atoms with Gasteiger partial charge in [-0.05, 0) is 24.8 Å². The molecule has 2 aliphatic rings. The zero-order chi connectivity index (χ0) is 9.10. The number of nitrogens with zero attached hydrogens (tertiary/aromatic N) is 2. The maximum Gasteiger partial charge on any atom is 0.122 e. The Hall–Kier alpha value is -1.38. The molecule has 0 aromatic carbocycles. The van der Waals surface area contributed by atoms with Gasteiger partial charge in [0.1, 0.15) is 5.84 Å². The molecule has 68 valence electrons. The molecular formula is C10H13N3. The molecule has 0 aromatic heterocycles. The molecule has 2 N–H and O–H groups in total. The van der Waals surface area contributed by atoms with Gasteiger partial charge in [0, 0.05) is 6.42 Å². The Kier molecular flexibility index (Phi) is 2.25. The fraction of sp³-hybridized carbons (Fsp3) is 0.400. The quantitative estimate of drug-likeness (QED) is 0.648. The van der Waals surface area contributed by atoms with Gasteiger partial charge in [-0.2, -0.15) is 5.10 Å². The average Bonchev–Trinajstić information content (AvgIpc) is 2.20. The van der Waals surface area contributed by atoms with Crippen LogP contribution in [0.25, 0.3) is 0 Å². The Morgan fingerprint density at radius 1 is 1.15 bits per heavy atom. The Balaban J connectivity index is 2.17. The molecule has 0 fully saturated rings. The summed E-state index contributed by atoms with van der Waals surface area (Å²) in [6.07, 6.45) is 10.4. The van der Waals surface area contributed by atoms with E-state index in [0.717, 1.165) is 31.4 Å². The van der Waals surface area contributed by atoms with E-state index in [9.17, 15) is 0 Å². The van der Waals surface area contributed by atoms with Crippen LogP contribution < -0.4 is 5.73 Å². The first-order valence-electron chi connectivity index (χ1n) is 4.61. The molecule has 3 heteroatoms. The molecule has 2 rings (SSSR count). The largest absolute Gasteiger partial charge is 0.386 e. The van der Waals surface area contributed by atoms with E-state index in [1.54, 1.807) is 0 Å². The van der Waals surface area contributed by atoms with Crippen LogP contribution in [0.2, 0.25) is 0 Å². The second-order valence-corrected chi connectivity index (χ2v) is 3.30. The SMILES string of the molecule is NC1=NN=C(C2=CC=CCC2)CC1. The van der Waals surface area contributed by atoms with E-state index in [1.807, 2.05) is 0 Å². The van der Waals surface area contributed by atoms with E-state index < -0.39 is 0 Å². The summed E-state index contributed by atoms with van der Waals surface area (Å²) >= 11 is 0. The maximum absolute atomic E-state index is 5.54. The van der Waals surface area contributed by atoms with Crippen LogP contribution in [0.1, 0.15) is 25.7 Å². The van der Waals surface area contributed by atoms with Crippen molar-refractivity contribution >= 4 is 11.5 Å². The van der Waals surface area contributed by atoms with Crippen molar-refractivity contribution < 1.29 is 0 Å². The van der Waals surface area contributed by atoms with Crippen LogP contribution in [0, 0.1) is 0 Å². The summed E-state index contributed by atoms with van der Waals surface area (Å²) < 4.78 is 0. The number of rotatable bonds is 1. The molecule has 0 unspecified atom stereocenters. The van der Waals surface area contributed by atoms with Gasteiger partial charge in [0.15, 0.2) is 0 Å². The van der Waals surface area contributed by atoms with E-state index >= 15 is 0 Å². The Morgan fingerprint density at radius 2 is 2.08 bits per heavy atom. The first kappa shape index (κ1) is 8.23. The highest BCUT2D eigenvalue weighted by atomic mass is 15.2. The number of amidine groups is 1. The molecule has 0 spiro atoms. The van der Waals surface area contributed by atoms with E-state index in [2.05, 4.69) is 28.4 Å². The van der Waals surface area contributed by atoms with Crippen molar-refractivity contribution in [1.82, 2.24) is 0 Å². The third-order valence-electron chi connectivity index (χ3n) is 2.30. The van der Waals surface area contributed by atoms with Gasteiger partial charge in [-0.3, -0.25) is 0 Å². The minimum atomic E-state index is 0.649. The van der Waals surface area contributed by atoms with Gasteiger partial charge in [-0.25, -0.2) is 0 Å². The summed E-state index contributed by atoms with van der Waals surface area (Å²) in [7, 11) is 0. The Labute approximate surface area is 77.7 Å². The third-order valence-corrected chi connectivity index (χ3v) is 2.30. The minimum absolute atomic E-state index is 0.649. The molecule has 0 bridgehead atoms. The standard InChI is InChI=1S/C10H13N3/c11-10-7-6-9(12-13-10)8-4-2-1-3-5-8/h1-2,4H,3,5-7H2,(H2,11,13). The predicted molar refractivity (Wildman–Crippen MR) is 54.7 cm³/mol. The highest BCUT2D eigenvalue weighted by molar-refractivity contribution is 6.04. The van der Waals surface area contributed by atoms with Gasteiger partial charge in [-0.1, -0.05) is 18.2 Å². The fourth-order valence-corrected chi connectivity index (χ4v) is 1.54. The van der Waals surface area contributed by atoms with Gasteiger partial charge in [0.2, 0.25) is 0 Å². The molecule has 0 amide bonds. The van der Waals surface area contributed by atoms with Gasteiger partial charge >= 0.3 is 0 Å². The molecular weight excluding hydrogens is 162 g/mol. The van der Waals surface area contributed by atoms with Crippen LogP contribution in [-0.2, 0) is 0 Å². The van der Waals surface area contributed by atoms with E-state index in [1.165, 1.54) is 5.57 Å². The normalized spacial score (nSPS) is 22.0. The van der Waals surface area contributed by atoms with Crippen LogP contribution in [0.15, 0.2) is 34.0 Å². The van der Waals surface area contributed by atoms with Crippen molar-refractivity contribution in [3.63, 3.8) is 0 Å². The Morgan fingerprint density at radius 3 is 2.69 bits per heavy atom. The first-order chi connectivity index (χ1) is 6.36. The lowest BCUT2D eigenvalue weighted by atomic mass is 9.97. The van der Waals surface area contributed by atoms with Crippen LogP contribution in [0.5, 0.6) is 0 Å². The lowest BCUT2D eigenvalue weighted by Crippen LogP contribution is -2.18. The molecule has 0 radical (unpaired) electrons. The summed E-state index contributed by atoms with van der Waals surface area (Å²) in [5.41, 5.74) is 7.96. The average molecular weight is 175 g/mol. The van der Waals surface area contributed by atoms with Crippen LogP contribution in [0.4, 0.5) is 0 Å². The van der Waals surface area contributed by atoms with Crippen molar-refractivity contribution in [2.24, 2.45) is 15.9 Å². The van der Waals surface area contributed by atoms with Crippen molar-refractivity contribution in [2.45, 2.75) is 25.7 Å². The molecule has 1 heterocycles. The predicted octanol–water partition coefficient (Wildman–Crippen LogP) is 1.77. The second kappa shape index (κ2) is 3.56. The second-order valence-electron chi connectivity index (χ2n) is 3.30. The summed E-state index contributed by atoms with van der Waals surface area (Å²) in [4.78, 5) is 0. The zero-order valence-electron chi connectivity index (χ0n) is 7.53. The van der Waals surface area contributed by atoms with Gasteiger partial charge in [-0.15, -0.1) is 5.10 Å². The molecule has 0 atom stereocenters. The number of hydrogen-bond donors (Lipinski definition) is 1. The smallest absolute Gasteiger partial charge is 0.122 e. The van der Waals surface area contributed by atoms with Gasteiger partial charge in [0.05, 0.1) is 5.71 Å². The highest BCUT2D eigenvalue weighted by Gasteiger charge is 2.12. The number of allylic oxidation sites excluding steroid dienone is 4. The molecule has 1 aliphatic carbocycles. The third kappa shape index (κ3) is 1.86. The van der Waals surface area contributed by atoms with Crippen LogP contribution in [0.3, 0.4) is 0 Å². The summed E-state index contributed by atoms with van der Waals surface area (Å²) in [5, 5.41) is 8.02. The maximum atomic E-state index is 5.54. The first-order valence-corrected chi connectivity index (χ1v) is 4.61. The van der Waals surface area contributed by atoms with E-state index in [-0.39, 0.29) is 0 Å². The summed E-state index contributed by atoms with van der Waals surface area (Å²) in [5.74, 6) is 0.649. The lowest BCUT2D eigenvalue weighted by molar-refractivity contribution is 0.956. The zero-order valence-corrected chi connectivity index (χ0v) is 7.53. The Bertz CT molecular complexity index is 321. The topological polar surface area (TPSA) is 50.7 Å². The number of nitrogens with two attached hydrogens (primary N) is 1. The highest BCUT2D eigenvalue weighted by Crippen LogP contribution is 2.18. The van der Waals surface area contributed by atoms with Crippen molar-refractivity contribution in [3.8, 4) is 0 Å². The van der Waals surface area contributed by atoms with Crippen molar-refractivity contribution in [2.75, 3.05) is 0 Å². The van der Waals surface area contributed by atoms with Gasteiger partial charge < -0.3 is 5.73 Å². The van der Waals surface area contributed by atoms with Crippen LogP contribution in [-0.4, -0.2) is 11.5 Å². The number of hydrogen-bond acceptors (Lipinski definition) is 3. The minimum Gasteiger partial charge on any atom is -0.386 e. The molecule has 1 aliphatic heterocycles. The molecule has 0 saturated carbocycles. The lowest BCUT2D eigenvalue weighted by Gasteiger charge is -2.13. The van der Waals surface area contributed by atoms with E-state index in [0.29, 0.717) is 5.84 Å². The van der Waals surface area contributed by atoms with Gasteiger partial charge in [0.25, 0.3) is 0 Å². The monoisotopic (exact) mass is 175 g/mol. The van der Waals surface area contributed by atoms with Crippen LogP contribution >= 0.6 is 0 Å². The van der Waals surface area contributed by atoms with Crippen molar-refractivity contribution in [1.29, 1.82) is 0 Å². The summed E-state index contributed by atoms with van der Waals surface area (Å²) in [6.45, 7) is 0. The molecule has 0 saturated heterocycles. The fourth-order valence-electron chi connectivity index (χ4n) is 1.54.